The van der Waals surface area contributed by atoms with Gasteiger partial charge in [0.25, 0.3) is 0 Å². The highest BCUT2D eigenvalue weighted by Crippen LogP contribution is 2.21. The molecule has 1 unspecified atom stereocenters. The van der Waals surface area contributed by atoms with Crippen LogP contribution in [0.5, 0.6) is 0 Å². The molecule has 142 valence electrons. The number of carbonyl (C=O) groups excluding carboxylic acids is 1. The Hall–Kier alpha value is -2.51. The second-order valence-electron chi connectivity index (χ2n) is 8.00. The van der Waals surface area contributed by atoms with Crippen LogP contribution in [0.4, 0.5) is 16.3 Å². The van der Waals surface area contributed by atoms with E-state index >= 15 is 0 Å². The van der Waals surface area contributed by atoms with Gasteiger partial charge in [-0.1, -0.05) is 0 Å². The quantitative estimate of drug-likeness (QED) is 0.882. The van der Waals surface area contributed by atoms with Crippen LogP contribution in [0.2, 0.25) is 0 Å². The Morgan fingerprint density at radius 3 is 2.73 bits per heavy atom. The third-order valence-electron chi connectivity index (χ3n) is 4.59. The summed E-state index contributed by atoms with van der Waals surface area (Å²) in [5.74, 6) is 1.10. The van der Waals surface area contributed by atoms with Crippen LogP contribution in [-0.2, 0) is 12.6 Å². The van der Waals surface area contributed by atoms with E-state index in [9.17, 15) is 4.79 Å². The highest BCUT2D eigenvalue weighted by molar-refractivity contribution is 5.89. The van der Waals surface area contributed by atoms with Crippen molar-refractivity contribution >= 4 is 17.5 Å². The number of amides is 2. The molecule has 0 saturated carbocycles. The predicted molar refractivity (Wildman–Crippen MR) is 103 cm³/mol. The summed E-state index contributed by atoms with van der Waals surface area (Å²) in [5, 5.41) is 14.7. The second kappa shape index (κ2) is 7.01. The van der Waals surface area contributed by atoms with Crippen LogP contribution in [0.25, 0.3) is 0 Å². The van der Waals surface area contributed by atoms with Crippen molar-refractivity contribution in [1.82, 2.24) is 24.9 Å². The Labute approximate surface area is 154 Å². The molecule has 8 heteroatoms. The van der Waals surface area contributed by atoms with Gasteiger partial charge in [0.15, 0.2) is 0 Å². The van der Waals surface area contributed by atoms with Crippen molar-refractivity contribution in [2.45, 2.75) is 52.1 Å². The average molecular weight is 359 g/mol. The van der Waals surface area contributed by atoms with Crippen molar-refractivity contribution in [1.29, 1.82) is 0 Å². The van der Waals surface area contributed by atoms with Crippen LogP contribution in [0.3, 0.4) is 0 Å². The molecule has 0 radical (unpaired) electrons. The summed E-state index contributed by atoms with van der Waals surface area (Å²) in [6, 6.07) is 2.01. The lowest BCUT2D eigenvalue weighted by molar-refractivity contribution is 0.246. The molecular formula is C18H29N7O. The van der Waals surface area contributed by atoms with Gasteiger partial charge in [-0.3, -0.25) is 9.36 Å². The van der Waals surface area contributed by atoms with Crippen LogP contribution in [0.1, 0.15) is 39.3 Å². The lowest BCUT2D eigenvalue weighted by Crippen LogP contribution is -2.49. The fourth-order valence-corrected chi connectivity index (χ4v) is 3.30. The van der Waals surface area contributed by atoms with Gasteiger partial charge in [-0.05, 0) is 40.5 Å². The van der Waals surface area contributed by atoms with Crippen molar-refractivity contribution in [3.8, 4) is 0 Å². The molecule has 8 nitrogen and oxygen atoms in total. The summed E-state index contributed by atoms with van der Waals surface area (Å²) in [6.07, 6.45) is 5.54. The number of aromatic nitrogens is 4. The third-order valence-corrected chi connectivity index (χ3v) is 4.59. The fraction of sp³-hybridized carbons (Fsp3) is 0.611. The Bertz CT molecular complexity index is 771. The van der Waals surface area contributed by atoms with Crippen molar-refractivity contribution in [2.24, 2.45) is 7.05 Å². The number of anilines is 2. The molecule has 2 aromatic heterocycles. The van der Waals surface area contributed by atoms with Gasteiger partial charge in [0.05, 0.1) is 23.1 Å². The highest BCUT2D eigenvalue weighted by atomic mass is 16.2. The van der Waals surface area contributed by atoms with E-state index in [-0.39, 0.29) is 17.6 Å². The molecule has 1 atom stereocenters. The predicted octanol–water partition coefficient (Wildman–Crippen LogP) is 2.47. The summed E-state index contributed by atoms with van der Waals surface area (Å²) in [7, 11) is 1.96. The van der Waals surface area contributed by atoms with E-state index in [1.54, 1.807) is 6.20 Å². The van der Waals surface area contributed by atoms with Gasteiger partial charge in [0.1, 0.15) is 5.82 Å². The monoisotopic (exact) mass is 359 g/mol. The van der Waals surface area contributed by atoms with Crippen LogP contribution in [-0.4, -0.2) is 44.7 Å². The Kier molecular flexibility index (Phi) is 4.93. The lowest BCUT2D eigenvalue weighted by atomic mass is 10.1. The standard InChI is InChI=1S/C18H29N7O/c1-13-9-16(23(5)22-13)24-8-6-7-14(11-24)20-17(26)21-15-10-19-25(12-15)18(2,3)4/h9-10,12,14H,6-8,11H2,1-5H3,(H2,20,21,26). The van der Waals surface area contributed by atoms with Gasteiger partial charge in [0, 0.05) is 38.4 Å². The maximum absolute atomic E-state index is 12.4. The third kappa shape index (κ3) is 4.17. The molecule has 26 heavy (non-hydrogen) atoms. The molecular weight excluding hydrogens is 330 g/mol. The number of hydrogen-bond donors (Lipinski definition) is 2. The molecule has 0 aromatic carbocycles. The summed E-state index contributed by atoms with van der Waals surface area (Å²) in [5.41, 5.74) is 1.60. The molecule has 0 bridgehead atoms. The van der Waals surface area contributed by atoms with Gasteiger partial charge in [-0.2, -0.15) is 10.2 Å². The Balaban J connectivity index is 1.57. The number of hydrogen-bond acceptors (Lipinski definition) is 4. The number of piperidine rings is 1. The minimum absolute atomic E-state index is 0.108. The SMILES string of the molecule is Cc1cc(N2CCCC(NC(=O)Nc3cnn(C(C)(C)C)c3)C2)n(C)n1. The van der Waals surface area contributed by atoms with E-state index in [1.807, 2.05) is 29.5 Å². The molecule has 2 aromatic rings. The van der Waals surface area contributed by atoms with Gasteiger partial charge < -0.3 is 15.5 Å². The maximum Gasteiger partial charge on any atom is 0.319 e. The van der Waals surface area contributed by atoms with E-state index in [0.29, 0.717) is 5.69 Å². The van der Waals surface area contributed by atoms with E-state index < -0.39 is 0 Å². The Morgan fingerprint density at radius 1 is 1.35 bits per heavy atom. The highest BCUT2D eigenvalue weighted by Gasteiger charge is 2.24. The van der Waals surface area contributed by atoms with Crippen LogP contribution >= 0.6 is 0 Å². The van der Waals surface area contributed by atoms with Gasteiger partial charge in [-0.25, -0.2) is 4.79 Å². The van der Waals surface area contributed by atoms with E-state index in [0.717, 1.165) is 37.4 Å². The van der Waals surface area contributed by atoms with Crippen LogP contribution < -0.4 is 15.5 Å². The number of nitrogens with zero attached hydrogens (tertiary/aromatic N) is 5. The first-order valence-electron chi connectivity index (χ1n) is 9.10. The molecule has 3 heterocycles. The van der Waals surface area contributed by atoms with Crippen molar-refractivity contribution in [3.63, 3.8) is 0 Å². The number of aryl methyl sites for hydroxylation is 2. The first-order chi connectivity index (χ1) is 12.2. The summed E-state index contributed by atoms with van der Waals surface area (Å²) in [6.45, 7) is 9.97. The minimum Gasteiger partial charge on any atom is -0.355 e. The van der Waals surface area contributed by atoms with Crippen molar-refractivity contribution < 1.29 is 4.79 Å². The topological polar surface area (TPSA) is 80.0 Å². The molecule has 1 fully saturated rings. The summed E-state index contributed by atoms with van der Waals surface area (Å²) >= 11 is 0. The largest absolute Gasteiger partial charge is 0.355 e. The Morgan fingerprint density at radius 2 is 2.12 bits per heavy atom. The van der Waals surface area contributed by atoms with Gasteiger partial charge >= 0.3 is 6.03 Å². The maximum atomic E-state index is 12.4. The fourth-order valence-electron chi connectivity index (χ4n) is 3.30. The van der Waals surface area contributed by atoms with Crippen LogP contribution in [0.15, 0.2) is 18.5 Å². The number of rotatable bonds is 3. The normalized spacial score (nSPS) is 18.0. The van der Waals surface area contributed by atoms with E-state index in [2.05, 4.69) is 52.6 Å². The van der Waals surface area contributed by atoms with E-state index in [4.69, 9.17) is 0 Å². The van der Waals surface area contributed by atoms with Gasteiger partial charge in [0.2, 0.25) is 0 Å². The number of nitrogens with one attached hydrogen (secondary N) is 2. The minimum atomic E-state index is -0.188. The molecule has 2 amide bonds. The average Bonchev–Trinajstić information content (AvgIpc) is 3.13. The first kappa shape index (κ1) is 18.3. The second-order valence-corrected chi connectivity index (χ2v) is 8.00. The molecule has 0 spiro atoms. The zero-order chi connectivity index (χ0) is 18.9. The zero-order valence-corrected chi connectivity index (χ0v) is 16.3. The molecule has 1 saturated heterocycles. The van der Waals surface area contributed by atoms with Crippen molar-refractivity contribution in [3.05, 3.63) is 24.2 Å². The molecule has 0 aliphatic carbocycles. The number of urea groups is 1. The number of carbonyl (C=O) groups is 1. The van der Waals surface area contributed by atoms with Crippen LogP contribution in [0, 0.1) is 6.92 Å². The molecule has 2 N–H and O–H groups in total. The molecule has 3 rings (SSSR count). The smallest absolute Gasteiger partial charge is 0.319 e. The first-order valence-corrected chi connectivity index (χ1v) is 9.10. The van der Waals surface area contributed by atoms with Crippen molar-refractivity contribution in [2.75, 3.05) is 23.3 Å². The lowest BCUT2D eigenvalue weighted by Gasteiger charge is -2.34. The summed E-state index contributed by atoms with van der Waals surface area (Å²) < 4.78 is 3.74. The summed E-state index contributed by atoms with van der Waals surface area (Å²) in [4.78, 5) is 14.6. The molecule has 1 aliphatic heterocycles. The molecule has 1 aliphatic rings. The zero-order valence-electron chi connectivity index (χ0n) is 16.3. The van der Waals surface area contributed by atoms with Gasteiger partial charge in [-0.15, -0.1) is 0 Å². The van der Waals surface area contributed by atoms with E-state index in [1.165, 1.54) is 0 Å².